The van der Waals surface area contributed by atoms with Crippen molar-refractivity contribution in [2.75, 3.05) is 25.5 Å². The number of aliphatic hydroxyl groups is 1. The van der Waals surface area contributed by atoms with Crippen LogP contribution in [0.25, 0.3) is 0 Å². The number of amides is 1. The molecule has 1 fully saturated rings. The van der Waals surface area contributed by atoms with Gasteiger partial charge in [-0.3, -0.25) is 4.79 Å². The lowest BCUT2D eigenvalue weighted by Crippen LogP contribution is -2.37. The standard InChI is InChI=1S/C24H30N2O4/c1-4-13-26(3)15-22-14-23(19-7-5-18(16-27)6-8-19)30-24(29-22)20-9-11-21(12-10-20)25-17(2)28/h4-12,22-24,27H,1,13-16H2,2-3H3,(H,25,28)/t22-,23+,24+/m1/s1. The molecule has 0 aromatic heterocycles. The second-order valence-electron chi connectivity index (χ2n) is 7.66. The summed E-state index contributed by atoms with van der Waals surface area (Å²) in [5, 5.41) is 12.1. The van der Waals surface area contributed by atoms with E-state index in [0.717, 1.165) is 41.9 Å². The molecule has 0 bridgehead atoms. The molecule has 2 N–H and O–H groups in total. The molecule has 2 aromatic carbocycles. The van der Waals surface area contributed by atoms with Crippen LogP contribution in [0.1, 0.15) is 42.4 Å². The third kappa shape index (κ3) is 6.00. The lowest BCUT2D eigenvalue weighted by molar-refractivity contribution is -0.252. The molecule has 3 rings (SSSR count). The zero-order valence-corrected chi connectivity index (χ0v) is 17.6. The van der Waals surface area contributed by atoms with Crippen molar-refractivity contribution in [3.63, 3.8) is 0 Å². The Labute approximate surface area is 178 Å². The molecule has 3 atom stereocenters. The fourth-order valence-electron chi connectivity index (χ4n) is 3.60. The van der Waals surface area contributed by atoms with Gasteiger partial charge in [0, 0.05) is 37.7 Å². The summed E-state index contributed by atoms with van der Waals surface area (Å²) in [5.74, 6) is -0.107. The molecule has 6 nitrogen and oxygen atoms in total. The number of carbonyl (C=O) groups is 1. The van der Waals surface area contributed by atoms with Gasteiger partial charge in [0.1, 0.15) is 0 Å². The fraction of sp³-hybridized carbons (Fsp3) is 0.375. The Balaban J connectivity index is 1.79. The van der Waals surface area contributed by atoms with Gasteiger partial charge in [-0.15, -0.1) is 6.58 Å². The number of hydrogen-bond donors (Lipinski definition) is 2. The molecule has 1 amide bonds. The first-order chi connectivity index (χ1) is 14.5. The van der Waals surface area contributed by atoms with E-state index in [2.05, 4.69) is 16.8 Å². The SMILES string of the molecule is C=CCN(C)C[C@H]1C[C@@H](c2ccc(CO)cc2)O[C@@H](c2ccc(NC(C)=O)cc2)O1. The van der Waals surface area contributed by atoms with Crippen molar-refractivity contribution in [1.82, 2.24) is 4.90 Å². The molecule has 0 saturated carbocycles. The Morgan fingerprint density at radius 3 is 2.43 bits per heavy atom. The normalized spacial score (nSPS) is 21.4. The summed E-state index contributed by atoms with van der Waals surface area (Å²) in [5.41, 5.74) is 3.57. The minimum atomic E-state index is -0.505. The molecule has 160 valence electrons. The van der Waals surface area contributed by atoms with Gasteiger partial charge in [-0.05, 0) is 30.3 Å². The number of hydrogen-bond acceptors (Lipinski definition) is 5. The summed E-state index contributed by atoms with van der Waals surface area (Å²) in [6.45, 7) is 6.86. The van der Waals surface area contributed by atoms with E-state index in [1.54, 1.807) is 0 Å². The number of aliphatic hydroxyl groups excluding tert-OH is 1. The van der Waals surface area contributed by atoms with E-state index in [1.165, 1.54) is 6.92 Å². The number of ether oxygens (including phenoxy) is 2. The Morgan fingerprint density at radius 1 is 1.17 bits per heavy atom. The van der Waals surface area contributed by atoms with Crippen LogP contribution in [0.5, 0.6) is 0 Å². The van der Waals surface area contributed by atoms with Gasteiger partial charge >= 0.3 is 0 Å². The summed E-state index contributed by atoms with van der Waals surface area (Å²) in [6.07, 6.45) is 1.98. The molecule has 0 radical (unpaired) electrons. The van der Waals surface area contributed by atoms with Crippen molar-refractivity contribution in [3.05, 3.63) is 77.9 Å². The van der Waals surface area contributed by atoms with E-state index in [0.29, 0.717) is 0 Å². The molecular weight excluding hydrogens is 380 g/mol. The summed E-state index contributed by atoms with van der Waals surface area (Å²) in [4.78, 5) is 13.4. The molecule has 0 aliphatic carbocycles. The minimum Gasteiger partial charge on any atom is -0.392 e. The predicted molar refractivity (Wildman–Crippen MR) is 117 cm³/mol. The average Bonchev–Trinajstić information content (AvgIpc) is 2.74. The number of benzene rings is 2. The molecule has 1 saturated heterocycles. The third-order valence-electron chi connectivity index (χ3n) is 5.07. The maximum atomic E-state index is 11.3. The highest BCUT2D eigenvalue weighted by Crippen LogP contribution is 2.38. The summed E-state index contributed by atoms with van der Waals surface area (Å²) in [6, 6.07) is 15.4. The number of rotatable bonds is 8. The van der Waals surface area contributed by atoms with Gasteiger partial charge < -0.3 is 24.8 Å². The lowest BCUT2D eigenvalue weighted by Gasteiger charge is -2.37. The topological polar surface area (TPSA) is 71.0 Å². The second-order valence-corrected chi connectivity index (χ2v) is 7.66. The van der Waals surface area contributed by atoms with Gasteiger partial charge in [0.05, 0.1) is 18.8 Å². The van der Waals surface area contributed by atoms with Gasteiger partial charge in [-0.2, -0.15) is 0 Å². The smallest absolute Gasteiger partial charge is 0.221 e. The quantitative estimate of drug-likeness (QED) is 0.648. The predicted octanol–water partition coefficient (Wildman–Crippen LogP) is 3.80. The van der Waals surface area contributed by atoms with E-state index in [1.807, 2.05) is 61.7 Å². The van der Waals surface area contributed by atoms with Crippen LogP contribution >= 0.6 is 0 Å². The molecule has 1 aliphatic rings. The van der Waals surface area contributed by atoms with Crippen molar-refractivity contribution in [1.29, 1.82) is 0 Å². The first kappa shape index (κ1) is 22.2. The van der Waals surface area contributed by atoms with Gasteiger partial charge in [-0.1, -0.05) is 42.5 Å². The molecule has 1 heterocycles. The molecule has 2 aromatic rings. The monoisotopic (exact) mass is 410 g/mol. The van der Waals surface area contributed by atoms with E-state index < -0.39 is 6.29 Å². The van der Waals surface area contributed by atoms with Crippen LogP contribution in [0.3, 0.4) is 0 Å². The fourth-order valence-corrected chi connectivity index (χ4v) is 3.60. The maximum absolute atomic E-state index is 11.3. The minimum absolute atomic E-state index is 0.00811. The number of nitrogens with one attached hydrogen (secondary N) is 1. The summed E-state index contributed by atoms with van der Waals surface area (Å²) in [7, 11) is 2.04. The highest BCUT2D eigenvalue weighted by atomic mass is 16.7. The molecule has 0 spiro atoms. The number of carbonyl (C=O) groups excluding carboxylic acids is 1. The van der Waals surface area contributed by atoms with E-state index in [4.69, 9.17) is 9.47 Å². The number of likely N-dealkylation sites (N-methyl/N-ethyl adjacent to an activating group) is 1. The van der Waals surface area contributed by atoms with E-state index >= 15 is 0 Å². The summed E-state index contributed by atoms with van der Waals surface area (Å²) < 4.78 is 12.6. The van der Waals surface area contributed by atoms with Gasteiger partial charge in [-0.25, -0.2) is 0 Å². The Bertz CT molecular complexity index is 835. The van der Waals surface area contributed by atoms with Crippen molar-refractivity contribution >= 4 is 11.6 Å². The van der Waals surface area contributed by atoms with Crippen LogP contribution in [-0.2, 0) is 20.9 Å². The van der Waals surface area contributed by atoms with Crippen LogP contribution < -0.4 is 5.32 Å². The lowest BCUT2D eigenvalue weighted by atomic mass is 9.99. The molecule has 1 aliphatic heterocycles. The Morgan fingerprint density at radius 2 is 1.83 bits per heavy atom. The van der Waals surface area contributed by atoms with E-state index in [9.17, 15) is 9.90 Å². The number of anilines is 1. The molecule has 0 unspecified atom stereocenters. The summed E-state index contributed by atoms with van der Waals surface area (Å²) >= 11 is 0. The number of nitrogens with zero attached hydrogens (tertiary/aromatic N) is 1. The highest BCUT2D eigenvalue weighted by molar-refractivity contribution is 5.88. The van der Waals surface area contributed by atoms with Gasteiger partial charge in [0.2, 0.25) is 5.91 Å². The first-order valence-corrected chi connectivity index (χ1v) is 10.2. The molecule has 30 heavy (non-hydrogen) atoms. The Hall–Kier alpha value is -2.51. The third-order valence-corrected chi connectivity index (χ3v) is 5.07. The van der Waals surface area contributed by atoms with Crippen molar-refractivity contribution in [3.8, 4) is 0 Å². The average molecular weight is 411 g/mol. The highest BCUT2D eigenvalue weighted by Gasteiger charge is 2.32. The Kier molecular flexibility index (Phi) is 7.76. The van der Waals surface area contributed by atoms with Crippen molar-refractivity contribution in [2.24, 2.45) is 0 Å². The van der Waals surface area contributed by atoms with Gasteiger partial charge in [0.25, 0.3) is 0 Å². The van der Waals surface area contributed by atoms with Crippen LogP contribution in [0.4, 0.5) is 5.69 Å². The molecular formula is C24H30N2O4. The maximum Gasteiger partial charge on any atom is 0.221 e. The first-order valence-electron chi connectivity index (χ1n) is 10.2. The van der Waals surface area contributed by atoms with E-state index in [-0.39, 0.29) is 24.7 Å². The molecule has 6 heteroatoms. The van der Waals surface area contributed by atoms with Crippen LogP contribution in [0.15, 0.2) is 61.2 Å². The van der Waals surface area contributed by atoms with Crippen LogP contribution in [-0.4, -0.2) is 42.2 Å². The zero-order chi connectivity index (χ0) is 21.5. The van der Waals surface area contributed by atoms with Crippen molar-refractivity contribution < 1.29 is 19.4 Å². The zero-order valence-electron chi connectivity index (χ0n) is 17.6. The largest absolute Gasteiger partial charge is 0.392 e. The van der Waals surface area contributed by atoms with Crippen LogP contribution in [0.2, 0.25) is 0 Å². The second kappa shape index (κ2) is 10.5. The van der Waals surface area contributed by atoms with Crippen molar-refractivity contribution in [2.45, 2.75) is 38.4 Å². The van der Waals surface area contributed by atoms with Crippen LogP contribution in [0, 0.1) is 0 Å². The van der Waals surface area contributed by atoms with Gasteiger partial charge in [0.15, 0.2) is 6.29 Å².